The lowest BCUT2D eigenvalue weighted by Gasteiger charge is -2.38. The van der Waals surface area contributed by atoms with Crippen LogP contribution in [0.2, 0.25) is 0 Å². The summed E-state index contributed by atoms with van der Waals surface area (Å²) in [6.07, 6.45) is 1.34. The van der Waals surface area contributed by atoms with Crippen LogP contribution < -0.4 is 0 Å². The lowest BCUT2D eigenvalue weighted by molar-refractivity contribution is -0.187. The molecule has 7 heteroatoms. The van der Waals surface area contributed by atoms with Crippen molar-refractivity contribution in [3.8, 4) is 0 Å². The highest BCUT2D eigenvalue weighted by Crippen LogP contribution is 2.31. The number of nitrogens with zero attached hydrogens (tertiary/aromatic N) is 3. The zero-order valence-electron chi connectivity index (χ0n) is 16.3. The van der Waals surface area contributed by atoms with Crippen LogP contribution in [0.25, 0.3) is 0 Å². The van der Waals surface area contributed by atoms with Crippen molar-refractivity contribution in [1.29, 1.82) is 0 Å². The Balaban J connectivity index is 1.20. The van der Waals surface area contributed by atoms with Gasteiger partial charge in [-0.1, -0.05) is 30.3 Å². The Morgan fingerprint density at radius 1 is 0.821 bits per heavy atom. The number of carbonyl (C=O) groups excluding carboxylic acids is 2. The molecule has 0 saturated carbocycles. The van der Waals surface area contributed by atoms with E-state index in [1.165, 1.54) is 5.56 Å². The summed E-state index contributed by atoms with van der Waals surface area (Å²) in [5, 5.41) is 0. The number of carbonyl (C=O) groups is 2. The van der Waals surface area contributed by atoms with Gasteiger partial charge in [0, 0.05) is 58.7 Å². The summed E-state index contributed by atoms with van der Waals surface area (Å²) in [5.41, 5.74) is 1.29. The number of hydrogen-bond acceptors (Lipinski definition) is 5. The molecular weight excluding hydrogens is 358 g/mol. The molecule has 3 fully saturated rings. The number of rotatable bonds is 4. The predicted octanol–water partition coefficient (Wildman–Crippen LogP) is 1.09. The van der Waals surface area contributed by atoms with Gasteiger partial charge in [-0.05, 0) is 5.56 Å². The largest absolute Gasteiger partial charge is 0.347 e. The van der Waals surface area contributed by atoms with Gasteiger partial charge in [0.1, 0.15) is 6.42 Å². The third-order valence-corrected chi connectivity index (χ3v) is 5.97. The van der Waals surface area contributed by atoms with Crippen LogP contribution in [0.3, 0.4) is 0 Å². The van der Waals surface area contributed by atoms with E-state index in [2.05, 4.69) is 17.0 Å². The van der Waals surface area contributed by atoms with Gasteiger partial charge in [-0.25, -0.2) is 0 Å². The molecule has 28 heavy (non-hydrogen) atoms. The van der Waals surface area contributed by atoms with Crippen LogP contribution in [-0.4, -0.2) is 84.8 Å². The van der Waals surface area contributed by atoms with Crippen molar-refractivity contribution in [3.05, 3.63) is 35.9 Å². The lowest BCUT2D eigenvalue weighted by atomic mass is 10.0. The molecule has 1 aromatic carbocycles. The van der Waals surface area contributed by atoms with Gasteiger partial charge in [0.2, 0.25) is 11.8 Å². The molecule has 0 unspecified atom stereocenters. The van der Waals surface area contributed by atoms with Crippen LogP contribution in [0, 0.1) is 0 Å². The lowest BCUT2D eigenvalue weighted by Crippen LogP contribution is -2.51. The fraction of sp³-hybridized carbons (Fsp3) is 0.619. The van der Waals surface area contributed by atoms with E-state index in [0.717, 1.165) is 19.6 Å². The van der Waals surface area contributed by atoms with Crippen LogP contribution in [0.4, 0.5) is 0 Å². The molecule has 1 aromatic rings. The Labute approximate surface area is 166 Å². The summed E-state index contributed by atoms with van der Waals surface area (Å²) in [6.45, 7) is 6.40. The molecule has 3 aliphatic rings. The Hall–Kier alpha value is -1.96. The Kier molecular flexibility index (Phi) is 5.94. The van der Waals surface area contributed by atoms with Gasteiger partial charge in [0.15, 0.2) is 5.79 Å². The summed E-state index contributed by atoms with van der Waals surface area (Å²) in [5.74, 6) is -0.627. The van der Waals surface area contributed by atoms with Crippen LogP contribution >= 0.6 is 0 Å². The van der Waals surface area contributed by atoms with Crippen LogP contribution in [-0.2, 0) is 25.6 Å². The summed E-state index contributed by atoms with van der Waals surface area (Å²) >= 11 is 0. The van der Waals surface area contributed by atoms with E-state index < -0.39 is 5.79 Å². The number of hydrogen-bond donors (Lipinski definition) is 0. The zero-order chi connectivity index (χ0) is 19.4. The van der Waals surface area contributed by atoms with E-state index >= 15 is 0 Å². The van der Waals surface area contributed by atoms with Crippen molar-refractivity contribution in [2.45, 2.75) is 31.6 Å². The molecule has 3 aliphatic heterocycles. The third-order valence-electron chi connectivity index (χ3n) is 5.97. The van der Waals surface area contributed by atoms with E-state index in [0.29, 0.717) is 52.2 Å². The van der Waals surface area contributed by atoms with Gasteiger partial charge in [-0.15, -0.1) is 0 Å². The average Bonchev–Trinajstić information content (AvgIpc) is 3.17. The average molecular weight is 387 g/mol. The maximum atomic E-state index is 12.6. The van der Waals surface area contributed by atoms with Crippen molar-refractivity contribution in [1.82, 2.24) is 14.7 Å². The molecule has 0 atom stereocenters. The molecule has 4 rings (SSSR count). The number of piperidine rings is 1. The SMILES string of the molecule is O=C(CC(=O)N1CCC2(CC1)OCCO2)N1CCN(Cc2ccccc2)CC1. The van der Waals surface area contributed by atoms with E-state index in [1.807, 2.05) is 23.1 Å². The molecule has 3 saturated heterocycles. The summed E-state index contributed by atoms with van der Waals surface area (Å²) < 4.78 is 11.4. The molecule has 0 radical (unpaired) electrons. The van der Waals surface area contributed by atoms with Crippen molar-refractivity contribution in [2.75, 3.05) is 52.5 Å². The second-order valence-corrected chi connectivity index (χ2v) is 7.81. The minimum absolute atomic E-state index is 0.0343. The standard InChI is InChI=1S/C21H29N3O4/c25-19(23-8-6-21(7-9-23)27-14-15-28-21)16-20(26)24-12-10-22(11-13-24)17-18-4-2-1-3-5-18/h1-5H,6-17H2. The molecule has 0 aliphatic carbocycles. The molecule has 0 N–H and O–H groups in total. The Morgan fingerprint density at radius 3 is 2.00 bits per heavy atom. The summed E-state index contributed by atoms with van der Waals surface area (Å²) in [7, 11) is 0. The van der Waals surface area contributed by atoms with Gasteiger partial charge in [0.05, 0.1) is 13.2 Å². The zero-order valence-corrected chi connectivity index (χ0v) is 16.3. The minimum Gasteiger partial charge on any atom is -0.347 e. The van der Waals surface area contributed by atoms with Gasteiger partial charge in [-0.3, -0.25) is 14.5 Å². The third kappa shape index (κ3) is 4.54. The van der Waals surface area contributed by atoms with Gasteiger partial charge >= 0.3 is 0 Å². The highest BCUT2D eigenvalue weighted by molar-refractivity contribution is 5.97. The van der Waals surface area contributed by atoms with Crippen LogP contribution in [0.1, 0.15) is 24.8 Å². The highest BCUT2D eigenvalue weighted by atomic mass is 16.7. The molecule has 2 amide bonds. The summed E-state index contributed by atoms with van der Waals surface area (Å²) in [6, 6.07) is 10.4. The van der Waals surface area contributed by atoms with Crippen LogP contribution in [0.15, 0.2) is 30.3 Å². The minimum atomic E-state index is -0.490. The predicted molar refractivity (Wildman–Crippen MR) is 103 cm³/mol. The second-order valence-electron chi connectivity index (χ2n) is 7.81. The highest BCUT2D eigenvalue weighted by Gasteiger charge is 2.41. The molecule has 3 heterocycles. The van der Waals surface area contributed by atoms with Crippen molar-refractivity contribution in [3.63, 3.8) is 0 Å². The van der Waals surface area contributed by atoms with Gasteiger partial charge in [0.25, 0.3) is 0 Å². The maximum Gasteiger partial charge on any atom is 0.232 e. The Bertz CT molecular complexity index is 672. The molecular formula is C21H29N3O4. The molecule has 7 nitrogen and oxygen atoms in total. The maximum absolute atomic E-state index is 12.6. The molecule has 0 bridgehead atoms. The normalized spacial score (nSPS) is 22.6. The van der Waals surface area contributed by atoms with Crippen molar-refractivity contribution >= 4 is 11.8 Å². The fourth-order valence-corrected chi connectivity index (χ4v) is 4.23. The number of ether oxygens (including phenoxy) is 2. The van der Waals surface area contributed by atoms with Gasteiger partial charge < -0.3 is 19.3 Å². The molecule has 0 aromatic heterocycles. The number of piperazine rings is 1. The monoisotopic (exact) mass is 387 g/mol. The smallest absolute Gasteiger partial charge is 0.232 e. The van der Waals surface area contributed by atoms with E-state index in [4.69, 9.17) is 9.47 Å². The number of benzene rings is 1. The number of amides is 2. The van der Waals surface area contributed by atoms with Crippen LogP contribution in [0.5, 0.6) is 0 Å². The second kappa shape index (κ2) is 8.59. The van der Waals surface area contributed by atoms with Crippen molar-refractivity contribution < 1.29 is 19.1 Å². The van der Waals surface area contributed by atoms with Gasteiger partial charge in [-0.2, -0.15) is 0 Å². The first-order valence-electron chi connectivity index (χ1n) is 10.2. The summed E-state index contributed by atoms with van der Waals surface area (Å²) in [4.78, 5) is 31.1. The fourth-order valence-electron chi connectivity index (χ4n) is 4.23. The van der Waals surface area contributed by atoms with E-state index in [1.54, 1.807) is 4.90 Å². The Morgan fingerprint density at radius 2 is 1.39 bits per heavy atom. The first-order chi connectivity index (χ1) is 13.6. The van der Waals surface area contributed by atoms with E-state index in [-0.39, 0.29) is 18.2 Å². The quantitative estimate of drug-likeness (QED) is 0.724. The van der Waals surface area contributed by atoms with E-state index in [9.17, 15) is 9.59 Å². The first-order valence-corrected chi connectivity index (χ1v) is 10.2. The number of likely N-dealkylation sites (tertiary alicyclic amines) is 1. The first kappa shape index (κ1) is 19.4. The molecule has 152 valence electrons. The molecule has 1 spiro atoms. The topological polar surface area (TPSA) is 62.3 Å². The van der Waals surface area contributed by atoms with Crippen molar-refractivity contribution in [2.24, 2.45) is 0 Å².